The number of hydrogen-bond donors (Lipinski definition) is 1. The average molecular weight is 360 g/mol. The minimum absolute atomic E-state index is 0.235. The van der Waals surface area contributed by atoms with Crippen molar-refractivity contribution in [2.75, 3.05) is 19.8 Å². The van der Waals surface area contributed by atoms with Gasteiger partial charge in [0.1, 0.15) is 17.5 Å². The summed E-state index contributed by atoms with van der Waals surface area (Å²) in [4.78, 5) is 6.59. The van der Waals surface area contributed by atoms with E-state index in [0.717, 1.165) is 28.1 Å². The van der Waals surface area contributed by atoms with Crippen LogP contribution in [0.4, 0.5) is 5.82 Å². The number of nitrogens with zero attached hydrogens (tertiary/aromatic N) is 5. The molecule has 2 aromatic heterocycles. The molecule has 0 unspecified atom stereocenters. The first-order valence-electron chi connectivity index (χ1n) is 8.79. The van der Waals surface area contributed by atoms with Crippen LogP contribution in [0.1, 0.15) is 29.8 Å². The third-order valence-corrected chi connectivity index (χ3v) is 4.93. The molecule has 0 amide bonds. The maximum atomic E-state index is 9.60. The van der Waals surface area contributed by atoms with Crippen LogP contribution in [0.3, 0.4) is 0 Å². The van der Waals surface area contributed by atoms with Gasteiger partial charge >= 0.3 is 0 Å². The van der Waals surface area contributed by atoms with Crippen molar-refractivity contribution in [2.45, 2.75) is 19.9 Å². The van der Waals surface area contributed by atoms with E-state index in [1.165, 1.54) is 5.56 Å². The summed E-state index contributed by atoms with van der Waals surface area (Å²) in [6, 6.07) is 12.7. The molecule has 0 aliphatic heterocycles. The summed E-state index contributed by atoms with van der Waals surface area (Å²) in [6.07, 6.45) is 1.91. The molecule has 1 atom stereocenters. The fraction of sp³-hybridized carbons (Fsp3) is 0.286. The van der Waals surface area contributed by atoms with Gasteiger partial charge in [0, 0.05) is 30.4 Å². The molecule has 6 nitrogen and oxygen atoms in total. The third kappa shape index (κ3) is 3.55. The van der Waals surface area contributed by atoms with Gasteiger partial charge in [0.15, 0.2) is 0 Å². The Morgan fingerprint density at radius 2 is 1.85 bits per heavy atom. The Labute approximate surface area is 159 Å². The van der Waals surface area contributed by atoms with Gasteiger partial charge in [0.05, 0.1) is 11.4 Å². The number of rotatable bonds is 4. The monoisotopic (exact) mass is 360 g/mol. The predicted molar refractivity (Wildman–Crippen MR) is 108 cm³/mol. The molecule has 1 aromatic carbocycles. The van der Waals surface area contributed by atoms with Crippen LogP contribution in [0.15, 0.2) is 36.5 Å². The minimum Gasteiger partial charge on any atom is -0.383 e. The Morgan fingerprint density at radius 3 is 2.37 bits per heavy atom. The van der Waals surface area contributed by atoms with Gasteiger partial charge in [0.25, 0.3) is 0 Å². The van der Waals surface area contributed by atoms with Crippen molar-refractivity contribution in [1.82, 2.24) is 19.7 Å². The van der Waals surface area contributed by atoms with Gasteiger partial charge in [-0.3, -0.25) is 4.68 Å². The zero-order valence-electron chi connectivity index (χ0n) is 16.4. The number of pyridine rings is 1. The Balaban J connectivity index is 2.12. The van der Waals surface area contributed by atoms with E-state index >= 15 is 0 Å². The van der Waals surface area contributed by atoms with Gasteiger partial charge in [-0.1, -0.05) is 24.3 Å². The number of nitriles is 1. The van der Waals surface area contributed by atoms with Crippen LogP contribution in [0.5, 0.6) is 0 Å². The lowest BCUT2D eigenvalue weighted by Gasteiger charge is -2.20. The summed E-state index contributed by atoms with van der Waals surface area (Å²) < 4.78 is 1.75. The smallest absolute Gasteiger partial charge is 0.142 e. The lowest BCUT2D eigenvalue weighted by Crippen LogP contribution is -2.16. The second-order valence-electron chi connectivity index (χ2n) is 6.99. The van der Waals surface area contributed by atoms with Crippen molar-refractivity contribution in [3.8, 4) is 28.5 Å². The van der Waals surface area contributed by atoms with Crippen LogP contribution in [0.25, 0.3) is 22.4 Å². The molecular formula is C21H24N6. The standard InChI is InChI=1S/C21H24N6/c1-13-19(12-27(5)25-13)20-10-17(18(11-22)21(23)24-20)16-8-6-15(7-9-16)14(2)26(3)4/h6-10,12,14H,1-5H3,(H2,23,24)/t14-/m0/s1. The van der Waals surface area contributed by atoms with E-state index < -0.39 is 0 Å². The van der Waals surface area contributed by atoms with Gasteiger partial charge in [-0.05, 0) is 45.1 Å². The first-order chi connectivity index (χ1) is 12.8. The topological polar surface area (TPSA) is 83.8 Å². The number of nitrogens with two attached hydrogens (primary N) is 1. The largest absolute Gasteiger partial charge is 0.383 e. The van der Waals surface area contributed by atoms with Crippen LogP contribution in [-0.2, 0) is 7.05 Å². The molecule has 2 N–H and O–H groups in total. The van der Waals surface area contributed by atoms with E-state index in [9.17, 15) is 5.26 Å². The molecule has 6 heteroatoms. The highest BCUT2D eigenvalue weighted by atomic mass is 15.2. The summed E-state index contributed by atoms with van der Waals surface area (Å²) in [5.74, 6) is 0.235. The lowest BCUT2D eigenvalue weighted by molar-refractivity contribution is 0.321. The number of aromatic nitrogens is 3. The van der Waals surface area contributed by atoms with Crippen molar-refractivity contribution in [3.63, 3.8) is 0 Å². The first-order valence-corrected chi connectivity index (χ1v) is 8.79. The molecule has 0 fully saturated rings. The Kier molecular flexibility index (Phi) is 4.98. The third-order valence-electron chi connectivity index (χ3n) is 4.93. The van der Waals surface area contributed by atoms with Gasteiger partial charge in [-0.2, -0.15) is 10.4 Å². The maximum Gasteiger partial charge on any atom is 0.142 e. The second-order valence-corrected chi connectivity index (χ2v) is 6.99. The second kappa shape index (κ2) is 7.22. The zero-order chi connectivity index (χ0) is 19.7. The molecule has 0 saturated carbocycles. The first kappa shape index (κ1) is 18.6. The van der Waals surface area contributed by atoms with Crippen LogP contribution >= 0.6 is 0 Å². The van der Waals surface area contributed by atoms with E-state index in [0.29, 0.717) is 11.6 Å². The van der Waals surface area contributed by atoms with Gasteiger partial charge < -0.3 is 10.6 Å². The molecule has 0 radical (unpaired) electrons. The average Bonchev–Trinajstić information content (AvgIpc) is 2.98. The number of hydrogen-bond acceptors (Lipinski definition) is 5. The van der Waals surface area contributed by atoms with Crippen molar-refractivity contribution >= 4 is 5.82 Å². The highest BCUT2D eigenvalue weighted by Crippen LogP contribution is 2.32. The fourth-order valence-electron chi connectivity index (χ4n) is 3.14. The van der Waals surface area contributed by atoms with E-state index in [-0.39, 0.29) is 5.82 Å². The molecule has 3 aromatic rings. The molecule has 0 aliphatic carbocycles. The summed E-state index contributed by atoms with van der Waals surface area (Å²) in [5.41, 5.74) is 12.0. The molecule has 138 valence electrons. The summed E-state index contributed by atoms with van der Waals surface area (Å²) in [7, 11) is 5.98. The summed E-state index contributed by atoms with van der Waals surface area (Å²) >= 11 is 0. The van der Waals surface area contributed by atoms with Crippen LogP contribution in [0, 0.1) is 18.3 Å². The van der Waals surface area contributed by atoms with Crippen molar-refractivity contribution in [3.05, 3.63) is 53.3 Å². The van der Waals surface area contributed by atoms with E-state index in [1.54, 1.807) is 4.68 Å². The molecule has 0 spiro atoms. The predicted octanol–water partition coefficient (Wildman–Crippen LogP) is 3.53. The molecule has 3 rings (SSSR count). The van der Waals surface area contributed by atoms with Crippen molar-refractivity contribution in [1.29, 1.82) is 5.26 Å². The Hall–Kier alpha value is -3.17. The van der Waals surface area contributed by atoms with Crippen LogP contribution in [-0.4, -0.2) is 33.8 Å². The molecule has 27 heavy (non-hydrogen) atoms. The number of aryl methyl sites for hydroxylation is 2. The van der Waals surface area contributed by atoms with E-state index in [4.69, 9.17) is 5.73 Å². The molecule has 2 heterocycles. The quantitative estimate of drug-likeness (QED) is 0.769. The highest BCUT2D eigenvalue weighted by molar-refractivity contribution is 5.80. The Bertz CT molecular complexity index is 1010. The number of nitrogen functional groups attached to an aromatic ring is 1. The number of anilines is 1. The molecule has 0 saturated heterocycles. The Morgan fingerprint density at radius 1 is 1.19 bits per heavy atom. The summed E-state index contributed by atoms with van der Waals surface area (Å²) in [5, 5.41) is 14.0. The SMILES string of the molecule is Cc1nn(C)cc1-c1cc(-c2ccc([C@H](C)N(C)C)cc2)c(C#N)c(N)n1. The van der Waals surface area contributed by atoms with E-state index in [1.807, 2.05) is 38.4 Å². The zero-order valence-corrected chi connectivity index (χ0v) is 16.4. The summed E-state index contributed by atoms with van der Waals surface area (Å²) in [6.45, 7) is 4.09. The molecule has 0 bridgehead atoms. The van der Waals surface area contributed by atoms with Gasteiger partial charge in [-0.15, -0.1) is 0 Å². The lowest BCUT2D eigenvalue weighted by atomic mass is 9.96. The maximum absolute atomic E-state index is 9.60. The van der Waals surface area contributed by atoms with Crippen molar-refractivity contribution < 1.29 is 0 Å². The highest BCUT2D eigenvalue weighted by Gasteiger charge is 2.16. The van der Waals surface area contributed by atoms with E-state index in [2.05, 4.69) is 54.2 Å². The van der Waals surface area contributed by atoms with Crippen LogP contribution in [0.2, 0.25) is 0 Å². The minimum atomic E-state index is 0.235. The molecular weight excluding hydrogens is 336 g/mol. The van der Waals surface area contributed by atoms with Crippen molar-refractivity contribution in [2.24, 2.45) is 7.05 Å². The van der Waals surface area contributed by atoms with Gasteiger partial charge in [0.2, 0.25) is 0 Å². The molecule has 0 aliphatic rings. The fourth-order valence-corrected chi connectivity index (χ4v) is 3.14. The van der Waals surface area contributed by atoms with Gasteiger partial charge in [-0.25, -0.2) is 4.98 Å². The number of benzene rings is 1. The normalized spacial score (nSPS) is 12.2. The van der Waals surface area contributed by atoms with Crippen LogP contribution < -0.4 is 5.73 Å².